The van der Waals surface area contributed by atoms with Crippen LogP contribution in [0.3, 0.4) is 0 Å². The number of hydrogen-bond donors (Lipinski definition) is 3. The van der Waals surface area contributed by atoms with E-state index in [-0.39, 0.29) is 48.5 Å². The molecule has 7 rings (SSSR count). The Balaban J connectivity index is 1.26. The van der Waals surface area contributed by atoms with Gasteiger partial charge in [-0.15, -0.1) is 0 Å². The molecular weight excluding hydrogens is 758 g/mol. The molecule has 57 heavy (non-hydrogen) atoms. The summed E-state index contributed by atoms with van der Waals surface area (Å²) in [5.74, 6) is -4.35. The average molecular weight is 808 g/mol. The Kier molecular flexibility index (Phi) is 10.8. The highest BCUT2D eigenvalue weighted by Crippen LogP contribution is 2.48. The van der Waals surface area contributed by atoms with Crippen LogP contribution in [0.2, 0.25) is 0 Å². The SMILES string of the molecule is CC[C@@H]1C[C@H](C)CC/C=C\[C@@H]2C[C@@]2(C(=O)NS(=O)(=O)C2(C)CC2)NC(=O)[C@@H]2C[C@@H](Oc3nc(F)c(OC)c4ccccc34)CN2C(=O)[C@H]1NC(=O)c1ccn(C)n1. The van der Waals surface area contributed by atoms with Gasteiger partial charge in [-0.1, -0.05) is 50.6 Å². The number of benzene rings is 1. The average Bonchev–Trinajstić information content (AvgIpc) is 3.98. The first-order valence-corrected chi connectivity index (χ1v) is 21.0. The van der Waals surface area contributed by atoms with Crippen LogP contribution in [-0.2, 0) is 31.5 Å². The summed E-state index contributed by atoms with van der Waals surface area (Å²) in [6.07, 6.45) is 7.95. The molecule has 2 aliphatic heterocycles. The molecule has 0 radical (unpaired) electrons. The first kappa shape index (κ1) is 40.1. The molecule has 15 nitrogen and oxygen atoms in total. The lowest BCUT2D eigenvalue weighted by Crippen LogP contribution is -2.59. The smallest absolute Gasteiger partial charge is 0.272 e. The van der Waals surface area contributed by atoms with Crippen LogP contribution in [0.1, 0.15) is 82.6 Å². The standard InChI is InChI=1S/C40H50FN7O8S/c1-6-24-19-23(2)11-7-8-12-25-21-40(25,38(52)46-57(53,54)39(3)16-17-39)44-35(50)30-20-26(56-36-28-14-10-9-13-27(28)32(55-5)33(41)43-36)22-48(30)37(51)31(24)42-34(49)29-15-18-47(4)45-29/h8-10,12-15,18,23-26,30-31H,6-7,11,16-17,19-22H2,1-5H3,(H,42,49)(H,44,50)(H,46,52)/b12-8-/t23-,24-,25-,26-,30+,31+,40-/m1/s1. The van der Waals surface area contributed by atoms with Gasteiger partial charge in [-0.2, -0.15) is 14.5 Å². The van der Waals surface area contributed by atoms with Crippen molar-refractivity contribution >= 4 is 44.4 Å². The van der Waals surface area contributed by atoms with Crippen molar-refractivity contribution in [1.82, 2.24) is 35.0 Å². The fraction of sp³-hybridized carbons (Fsp3) is 0.550. The van der Waals surface area contributed by atoms with E-state index in [0.717, 1.165) is 6.42 Å². The molecule has 4 aliphatic rings. The number of halogens is 1. The minimum Gasteiger partial charge on any atom is -0.491 e. The van der Waals surface area contributed by atoms with Crippen molar-refractivity contribution in [3.05, 3.63) is 60.3 Å². The minimum absolute atomic E-state index is 0.0628. The van der Waals surface area contributed by atoms with E-state index >= 15 is 9.18 Å². The summed E-state index contributed by atoms with van der Waals surface area (Å²) in [4.78, 5) is 62.6. The van der Waals surface area contributed by atoms with Crippen LogP contribution in [0.15, 0.2) is 48.7 Å². The third-order valence-electron chi connectivity index (χ3n) is 12.1. The number of aromatic nitrogens is 3. The molecule has 0 spiro atoms. The summed E-state index contributed by atoms with van der Waals surface area (Å²) in [7, 11) is -1.02. The molecule has 2 aromatic heterocycles. The van der Waals surface area contributed by atoms with E-state index in [4.69, 9.17) is 9.47 Å². The van der Waals surface area contributed by atoms with E-state index in [1.54, 1.807) is 50.5 Å². The van der Waals surface area contributed by atoms with Gasteiger partial charge < -0.3 is 25.0 Å². The van der Waals surface area contributed by atoms with Crippen LogP contribution in [0.25, 0.3) is 10.8 Å². The first-order valence-electron chi connectivity index (χ1n) is 19.5. The number of nitrogens with one attached hydrogen (secondary N) is 3. The maximum Gasteiger partial charge on any atom is 0.272 e. The highest BCUT2D eigenvalue weighted by atomic mass is 32.2. The van der Waals surface area contributed by atoms with E-state index in [2.05, 4.69) is 32.4 Å². The number of pyridine rings is 1. The quantitative estimate of drug-likeness (QED) is 0.213. The second kappa shape index (κ2) is 15.4. The zero-order valence-corrected chi connectivity index (χ0v) is 33.6. The molecule has 306 valence electrons. The van der Waals surface area contributed by atoms with Gasteiger partial charge in [0.15, 0.2) is 5.75 Å². The molecule has 4 heterocycles. The topological polar surface area (TPSA) is 191 Å². The Morgan fingerprint density at radius 3 is 2.53 bits per heavy atom. The number of fused-ring (bicyclic) bond motifs is 3. The molecule has 0 bridgehead atoms. The molecule has 1 aromatic carbocycles. The lowest BCUT2D eigenvalue weighted by Gasteiger charge is -2.34. The van der Waals surface area contributed by atoms with E-state index < -0.39 is 74.0 Å². The number of sulfonamides is 1. The molecule has 17 heteroatoms. The molecule has 3 N–H and O–H groups in total. The van der Waals surface area contributed by atoms with Crippen LogP contribution in [0.5, 0.6) is 11.6 Å². The van der Waals surface area contributed by atoms with Crippen molar-refractivity contribution in [3.63, 3.8) is 0 Å². The molecule has 2 aliphatic carbocycles. The fourth-order valence-corrected chi connectivity index (χ4v) is 9.50. The van der Waals surface area contributed by atoms with Gasteiger partial charge in [-0.05, 0) is 69.4 Å². The number of rotatable bonds is 9. The lowest BCUT2D eigenvalue weighted by molar-refractivity contribution is -0.142. The zero-order valence-electron chi connectivity index (χ0n) is 32.8. The van der Waals surface area contributed by atoms with Crippen molar-refractivity contribution in [2.75, 3.05) is 13.7 Å². The fourth-order valence-electron chi connectivity index (χ4n) is 8.19. The monoisotopic (exact) mass is 807 g/mol. The normalized spacial score (nSPS) is 29.2. The molecule has 0 unspecified atom stereocenters. The molecule has 1 saturated heterocycles. The molecule has 7 atom stereocenters. The number of nitrogens with zero attached hydrogens (tertiary/aromatic N) is 4. The van der Waals surface area contributed by atoms with E-state index in [0.29, 0.717) is 42.9 Å². The third kappa shape index (κ3) is 7.82. The van der Waals surface area contributed by atoms with Crippen LogP contribution in [0.4, 0.5) is 4.39 Å². The van der Waals surface area contributed by atoms with Crippen molar-refractivity contribution in [1.29, 1.82) is 0 Å². The van der Waals surface area contributed by atoms with Crippen LogP contribution in [0, 0.1) is 23.7 Å². The van der Waals surface area contributed by atoms with Crippen molar-refractivity contribution in [3.8, 4) is 11.6 Å². The van der Waals surface area contributed by atoms with Crippen molar-refractivity contribution in [2.24, 2.45) is 24.8 Å². The second-order valence-corrected chi connectivity index (χ2v) is 18.5. The predicted molar refractivity (Wildman–Crippen MR) is 207 cm³/mol. The number of carbonyl (C=O) groups is 4. The Hall–Kier alpha value is -5.06. The summed E-state index contributed by atoms with van der Waals surface area (Å²) in [6.45, 7) is 5.45. The first-order chi connectivity index (χ1) is 27.1. The summed E-state index contributed by atoms with van der Waals surface area (Å²) in [5, 5.41) is 10.9. The number of amides is 4. The Morgan fingerprint density at radius 2 is 1.86 bits per heavy atom. The van der Waals surface area contributed by atoms with Gasteiger partial charge in [-0.3, -0.25) is 28.6 Å². The van der Waals surface area contributed by atoms with Gasteiger partial charge in [0.2, 0.25) is 27.7 Å². The number of ether oxygens (including phenoxy) is 2. The van der Waals surface area contributed by atoms with Crippen LogP contribution < -0.4 is 24.8 Å². The van der Waals surface area contributed by atoms with Crippen LogP contribution in [-0.4, -0.2) is 93.8 Å². The zero-order chi connectivity index (χ0) is 40.9. The van der Waals surface area contributed by atoms with Crippen LogP contribution >= 0.6 is 0 Å². The van der Waals surface area contributed by atoms with Gasteiger partial charge in [0.05, 0.1) is 18.4 Å². The van der Waals surface area contributed by atoms with E-state index in [1.165, 1.54) is 16.7 Å². The molecule has 4 amide bonds. The summed E-state index contributed by atoms with van der Waals surface area (Å²) in [5.41, 5.74) is -1.46. The number of allylic oxidation sites excluding steroid dienone is 1. The summed E-state index contributed by atoms with van der Waals surface area (Å²) in [6, 6.07) is 6.06. The third-order valence-corrected chi connectivity index (χ3v) is 14.3. The van der Waals surface area contributed by atoms with Gasteiger partial charge in [0.25, 0.3) is 17.8 Å². The molecule has 3 fully saturated rings. The lowest BCUT2D eigenvalue weighted by atomic mass is 9.84. The Labute approximate surface area is 331 Å². The van der Waals surface area contributed by atoms with Gasteiger partial charge in [0, 0.05) is 36.4 Å². The van der Waals surface area contributed by atoms with Gasteiger partial charge in [0.1, 0.15) is 29.4 Å². The number of methoxy groups -OCH3 is 1. The van der Waals surface area contributed by atoms with E-state index in [1.807, 2.05) is 19.1 Å². The minimum atomic E-state index is -4.04. The number of carbonyl (C=O) groups excluding carboxylic acids is 4. The largest absolute Gasteiger partial charge is 0.491 e. The van der Waals surface area contributed by atoms with Crippen molar-refractivity contribution in [2.45, 2.75) is 101 Å². The van der Waals surface area contributed by atoms with Gasteiger partial charge in [-0.25, -0.2) is 8.42 Å². The number of aryl methyl sites for hydroxylation is 1. The van der Waals surface area contributed by atoms with Crippen molar-refractivity contribution < 1.29 is 41.5 Å². The second-order valence-electron chi connectivity index (χ2n) is 16.3. The maximum absolute atomic E-state index is 15.3. The van der Waals surface area contributed by atoms with E-state index in [9.17, 15) is 22.8 Å². The molecular formula is C40H50FN7O8S. The Morgan fingerprint density at radius 1 is 1.12 bits per heavy atom. The van der Waals surface area contributed by atoms with Gasteiger partial charge >= 0.3 is 0 Å². The Bertz CT molecular complexity index is 2220. The molecule has 3 aromatic rings. The summed E-state index contributed by atoms with van der Waals surface area (Å²) >= 11 is 0. The predicted octanol–water partition coefficient (Wildman–Crippen LogP) is 3.54. The maximum atomic E-state index is 15.3. The summed E-state index contributed by atoms with van der Waals surface area (Å²) < 4.78 is 56.0. The molecule has 2 saturated carbocycles. The highest BCUT2D eigenvalue weighted by Gasteiger charge is 2.63. The highest BCUT2D eigenvalue weighted by molar-refractivity contribution is 7.91. The number of hydrogen-bond acceptors (Lipinski definition) is 10.